The van der Waals surface area contributed by atoms with Gasteiger partial charge in [0.25, 0.3) is 0 Å². The van der Waals surface area contributed by atoms with E-state index in [9.17, 15) is 8.42 Å². The van der Waals surface area contributed by atoms with Crippen molar-refractivity contribution >= 4 is 32.5 Å². The number of thioether (sulfide) groups is 1. The van der Waals surface area contributed by atoms with Crippen molar-refractivity contribution in [3.63, 3.8) is 0 Å². The fourth-order valence-electron chi connectivity index (χ4n) is 3.32. The van der Waals surface area contributed by atoms with Crippen molar-refractivity contribution in [2.75, 3.05) is 16.4 Å². The second-order valence-electron chi connectivity index (χ2n) is 5.72. The van der Waals surface area contributed by atoms with Crippen LogP contribution in [0, 0.1) is 26.2 Å². The molecule has 0 aliphatic carbocycles. The Morgan fingerprint density at radius 3 is 2.40 bits per heavy atom. The number of sulfone groups is 1. The number of nitrogens with zero attached hydrogens (tertiary/aromatic N) is 1. The molecular formula is C14H18N2O2S2. The van der Waals surface area contributed by atoms with Crippen molar-refractivity contribution in [1.29, 1.82) is 5.41 Å². The van der Waals surface area contributed by atoms with Crippen LogP contribution in [-0.2, 0) is 9.84 Å². The average molecular weight is 310 g/mol. The maximum Gasteiger partial charge on any atom is 0.161 e. The van der Waals surface area contributed by atoms with Crippen LogP contribution >= 0.6 is 11.8 Å². The Bertz CT molecular complexity index is 674. The van der Waals surface area contributed by atoms with Crippen LogP contribution < -0.4 is 4.90 Å². The van der Waals surface area contributed by atoms with Gasteiger partial charge in [-0.15, -0.1) is 0 Å². The van der Waals surface area contributed by atoms with E-state index in [1.165, 1.54) is 17.3 Å². The first-order valence-corrected chi connectivity index (χ1v) is 9.31. The highest BCUT2D eigenvalue weighted by atomic mass is 32.2. The number of fused-ring (bicyclic) bond motifs is 1. The first-order chi connectivity index (χ1) is 9.28. The van der Waals surface area contributed by atoms with Gasteiger partial charge in [-0.05, 0) is 31.9 Å². The van der Waals surface area contributed by atoms with Crippen LogP contribution in [-0.4, -0.2) is 36.4 Å². The topological polar surface area (TPSA) is 61.2 Å². The summed E-state index contributed by atoms with van der Waals surface area (Å²) in [5.74, 6) is 0.366. The normalized spacial score (nSPS) is 27.9. The van der Waals surface area contributed by atoms with Gasteiger partial charge >= 0.3 is 0 Å². The van der Waals surface area contributed by atoms with E-state index in [4.69, 9.17) is 5.41 Å². The lowest BCUT2D eigenvalue weighted by molar-refractivity contribution is 0.601. The Morgan fingerprint density at radius 1 is 1.20 bits per heavy atom. The summed E-state index contributed by atoms with van der Waals surface area (Å²) in [6.07, 6.45) is 0. The zero-order chi connectivity index (χ0) is 14.7. The van der Waals surface area contributed by atoms with E-state index in [1.54, 1.807) is 0 Å². The van der Waals surface area contributed by atoms with Crippen LogP contribution in [0.1, 0.15) is 16.7 Å². The van der Waals surface area contributed by atoms with Gasteiger partial charge in [-0.3, -0.25) is 5.41 Å². The quantitative estimate of drug-likeness (QED) is 0.864. The molecule has 0 aromatic heterocycles. The molecule has 2 saturated heterocycles. The van der Waals surface area contributed by atoms with E-state index in [0.29, 0.717) is 5.17 Å². The summed E-state index contributed by atoms with van der Waals surface area (Å²) in [5.41, 5.74) is 4.42. The van der Waals surface area contributed by atoms with Gasteiger partial charge in [-0.25, -0.2) is 8.42 Å². The summed E-state index contributed by atoms with van der Waals surface area (Å²) in [5, 5.41) is 8.70. The molecule has 1 aromatic rings. The van der Waals surface area contributed by atoms with Crippen molar-refractivity contribution in [3.8, 4) is 0 Å². The number of hydrogen-bond acceptors (Lipinski definition) is 4. The molecule has 0 radical (unpaired) electrons. The molecule has 2 atom stereocenters. The second kappa shape index (κ2) is 4.49. The Kier molecular flexibility index (Phi) is 3.14. The summed E-state index contributed by atoms with van der Waals surface area (Å²) in [7, 11) is -2.96. The highest BCUT2D eigenvalue weighted by Gasteiger charge is 2.49. The third kappa shape index (κ3) is 2.15. The number of amidine groups is 1. The minimum atomic E-state index is -2.96. The van der Waals surface area contributed by atoms with Gasteiger partial charge in [0.05, 0.1) is 17.5 Å². The number of hydrogen-bond donors (Lipinski definition) is 1. The summed E-state index contributed by atoms with van der Waals surface area (Å²) < 4.78 is 23.7. The number of nitrogens with one attached hydrogen (secondary N) is 1. The number of anilines is 1. The molecule has 2 fully saturated rings. The molecule has 1 N–H and O–H groups in total. The molecule has 108 valence electrons. The summed E-state index contributed by atoms with van der Waals surface area (Å²) in [4.78, 5) is 1.93. The van der Waals surface area contributed by atoms with Crippen LogP contribution in [0.5, 0.6) is 0 Å². The summed E-state index contributed by atoms with van der Waals surface area (Å²) in [6.45, 7) is 6.12. The van der Waals surface area contributed by atoms with Crippen molar-refractivity contribution in [2.24, 2.45) is 0 Å². The standard InChI is InChI=1S/C14H18N2O2S2/c1-8-4-9(2)13(10(3)5-8)16-11-6-20(17,18)7-12(11)19-14(16)15/h4-5,11-12,15H,6-7H2,1-3H3/t11-,12+/m0/s1. The first kappa shape index (κ1) is 13.9. The lowest BCUT2D eigenvalue weighted by Gasteiger charge is -2.27. The molecule has 4 nitrogen and oxygen atoms in total. The van der Waals surface area contributed by atoms with E-state index in [2.05, 4.69) is 19.1 Å². The molecule has 2 aliphatic rings. The van der Waals surface area contributed by atoms with Gasteiger partial charge in [0.15, 0.2) is 15.0 Å². The molecule has 2 aliphatic heterocycles. The van der Waals surface area contributed by atoms with Crippen LogP contribution in [0.2, 0.25) is 0 Å². The van der Waals surface area contributed by atoms with Gasteiger partial charge in [-0.1, -0.05) is 29.5 Å². The maximum atomic E-state index is 11.8. The molecule has 1 aromatic carbocycles. The van der Waals surface area contributed by atoms with Gasteiger partial charge in [0.1, 0.15) is 0 Å². The molecule has 20 heavy (non-hydrogen) atoms. The molecule has 0 amide bonds. The minimum Gasteiger partial charge on any atom is -0.316 e. The summed E-state index contributed by atoms with van der Waals surface area (Å²) >= 11 is 1.39. The minimum absolute atomic E-state index is 0.00704. The zero-order valence-electron chi connectivity index (χ0n) is 11.8. The summed E-state index contributed by atoms with van der Waals surface area (Å²) in [6, 6.07) is 4.10. The van der Waals surface area contributed by atoms with E-state index < -0.39 is 9.84 Å². The van der Waals surface area contributed by atoms with Gasteiger partial charge < -0.3 is 4.90 Å². The predicted octanol–water partition coefficient (Wildman–Crippen LogP) is 2.27. The predicted molar refractivity (Wildman–Crippen MR) is 84.7 cm³/mol. The molecule has 0 bridgehead atoms. The molecule has 6 heteroatoms. The zero-order valence-corrected chi connectivity index (χ0v) is 13.4. The van der Waals surface area contributed by atoms with Crippen molar-refractivity contribution in [3.05, 3.63) is 28.8 Å². The van der Waals surface area contributed by atoms with Crippen LogP contribution in [0.15, 0.2) is 12.1 Å². The Balaban J connectivity index is 2.08. The Labute approximate surface area is 124 Å². The van der Waals surface area contributed by atoms with Gasteiger partial charge in [0.2, 0.25) is 0 Å². The lowest BCUT2D eigenvalue weighted by atomic mass is 10.0. The van der Waals surface area contributed by atoms with E-state index in [-0.39, 0.29) is 22.8 Å². The van der Waals surface area contributed by atoms with Crippen LogP contribution in [0.3, 0.4) is 0 Å². The molecular weight excluding hydrogens is 292 g/mol. The van der Waals surface area contributed by atoms with Crippen LogP contribution in [0.25, 0.3) is 0 Å². The molecule has 3 rings (SSSR count). The smallest absolute Gasteiger partial charge is 0.161 e. The van der Waals surface area contributed by atoms with Crippen molar-refractivity contribution in [1.82, 2.24) is 0 Å². The fraction of sp³-hybridized carbons (Fsp3) is 0.500. The van der Waals surface area contributed by atoms with E-state index in [1.807, 2.05) is 18.7 Å². The monoisotopic (exact) mass is 310 g/mol. The largest absolute Gasteiger partial charge is 0.316 e. The maximum absolute atomic E-state index is 11.8. The average Bonchev–Trinajstić information content (AvgIpc) is 2.70. The van der Waals surface area contributed by atoms with Crippen molar-refractivity contribution in [2.45, 2.75) is 32.1 Å². The molecule has 2 heterocycles. The third-order valence-electron chi connectivity index (χ3n) is 3.96. The van der Waals surface area contributed by atoms with E-state index in [0.717, 1.165) is 16.8 Å². The first-order valence-electron chi connectivity index (χ1n) is 6.61. The van der Waals surface area contributed by atoms with Gasteiger partial charge in [0, 0.05) is 10.9 Å². The third-order valence-corrected chi connectivity index (χ3v) is 7.09. The molecule has 0 unspecified atom stereocenters. The lowest BCUT2D eigenvalue weighted by Crippen LogP contribution is -2.38. The molecule has 0 saturated carbocycles. The fourth-order valence-corrected chi connectivity index (χ4v) is 7.10. The SMILES string of the molecule is Cc1cc(C)c(N2C(=N)S[C@@H]3CS(=O)(=O)C[C@@H]32)c(C)c1. The van der Waals surface area contributed by atoms with Crippen LogP contribution in [0.4, 0.5) is 5.69 Å². The van der Waals surface area contributed by atoms with Crippen molar-refractivity contribution < 1.29 is 8.42 Å². The Hall–Kier alpha value is -1.01. The second-order valence-corrected chi connectivity index (χ2v) is 9.10. The number of rotatable bonds is 1. The number of aryl methyl sites for hydroxylation is 3. The van der Waals surface area contributed by atoms with Gasteiger partial charge in [-0.2, -0.15) is 0 Å². The highest BCUT2D eigenvalue weighted by molar-refractivity contribution is 8.15. The number of benzene rings is 1. The highest BCUT2D eigenvalue weighted by Crippen LogP contribution is 2.42. The molecule has 0 spiro atoms. The van der Waals surface area contributed by atoms with E-state index >= 15 is 0 Å². The Morgan fingerprint density at radius 2 is 1.80 bits per heavy atom.